The maximum atomic E-state index is 13.5. The van der Waals surface area contributed by atoms with E-state index < -0.39 is 18.1 Å². The Morgan fingerprint density at radius 1 is 1.11 bits per heavy atom. The van der Waals surface area contributed by atoms with E-state index in [0.29, 0.717) is 26.1 Å². The SMILES string of the molecule is CC[C@H](C)[C@@H]1NCCOc2ccccc2CCCNC(=O)[C@@H](Cc2cccs2)NC(=O)[C@@H](C)N(C)C1=O. The number of carbonyl (C=O) groups excluding carboxylic acids is 3. The molecule has 0 saturated carbocycles. The molecule has 1 aliphatic rings. The van der Waals surface area contributed by atoms with E-state index in [-0.39, 0.29) is 23.6 Å². The van der Waals surface area contributed by atoms with Crippen LogP contribution in [0, 0.1) is 5.92 Å². The number of likely N-dealkylation sites (N-methyl/N-ethyl adjacent to an activating group) is 1. The highest BCUT2D eigenvalue weighted by Crippen LogP contribution is 2.20. The lowest BCUT2D eigenvalue weighted by Crippen LogP contribution is -2.57. The number of nitrogens with zero attached hydrogens (tertiary/aromatic N) is 1. The highest BCUT2D eigenvalue weighted by molar-refractivity contribution is 7.09. The predicted molar refractivity (Wildman–Crippen MR) is 147 cm³/mol. The quantitative estimate of drug-likeness (QED) is 0.567. The van der Waals surface area contributed by atoms with Crippen LogP contribution in [0.3, 0.4) is 0 Å². The molecule has 3 rings (SSSR count). The third-order valence-corrected chi connectivity index (χ3v) is 7.92. The van der Waals surface area contributed by atoms with Crippen LogP contribution in [0.25, 0.3) is 0 Å². The zero-order valence-corrected chi connectivity index (χ0v) is 23.1. The van der Waals surface area contributed by atoms with Crippen molar-refractivity contribution in [1.82, 2.24) is 20.9 Å². The molecule has 0 fully saturated rings. The van der Waals surface area contributed by atoms with Gasteiger partial charge in [0.25, 0.3) is 0 Å². The molecule has 202 valence electrons. The second-order valence-electron chi connectivity index (χ2n) is 9.64. The summed E-state index contributed by atoms with van der Waals surface area (Å²) in [5.41, 5.74) is 1.07. The third kappa shape index (κ3) is 8.04. The van der Waals surface area contributed by atoms with Gasteiger partial charge in [-0.25, -0.2) is 0 Å². The molecular formula is C28H40N4O4S. The lowest BCUT2D eigenvalue weighted by Gasteiger charge is -2.32. The molecule has 3 amide bonds. The minimum Gasteiger partial charge on any atom is -0.492 e. The topological polar surface area (TPSA) is 99.8 Å². The summed E-state index contributed by atoms with van der Waals surface area (Å²) in [6.07, 6.45) is 2.70. The minimum atomic E-state index is -0.735. The van der Waals surface area contributed by atoms with Gasteiger partial charge in [0.1, 0.15) is 24.4 Å². The Kier molecular flexibility index (Phi) is 11.0. The average Bonchev–Trinajstić information content (AvgIpc) is 3.42. The molecule has 2 heterocycles. The zero-order chi connectivity index (χ0) is 26.8. The zero-order valence-electron chi connectivity index (χ0n) is 22.3. The third-order valence-electron chi connectivity index (χ3n) is 7.02. The molecule has 1 aromatic carbocycles. The maximum absolute atomic E-state index is 13.5. The predicted octanol–water partition coefficient (Wildman–Crippen LogP) is 2.77. The minimum absolute atomic E-state index is 0.0699. The Balaban J connectivity index is 1.84. The molecule has 1 aromatic heterocycles. The van der Waals surface area contributed by atoms with E-state index in [1.807, 2.05) is 55.6 Å². The van der Waals surface area contributed by atoms with E-state index in [9.17, 15) is 14.4 Å². The number of aryl methyl sites for hydroxylation is 1. The molecule has 2 aromatic rings. The summed E-state index contributed by atoms with van der Waals surface area (Å²) in [7, 11) is 1.64. The van der Waals surface area contributed by atoms with Crippen molar-refractivity contribution in [3.8, 4) is 5.75 Å². The molecular weight excluding hydrogens is 488 g/mol. The Morgan fingerprint density at radius 2 is 1.89 bits per heavy atom. The summed E-state index contributed by atoms with van der Waals surface area (Å²) in [6, 6.07) is 9.87. The van der Waals surface area contributed by atoms with Gasteiger partial charge in [-0.1, -0.05) is 44.5 Å². The van der Waals surface area contributed by atoms with Gasteiger partial charge in [0.15, 0.2) is 0 Å². The number of nitrogens with one attached hydrogen (secondary N) is 3. The maximum Gasteiger partial charge on any atom is 0.243 e. The Bertz CT molecular complexity index is 1030. The number of thiophene rings is 1. The van der Waals surface area contributed by atoms with Crippen LogP contribution in [0.5, 0.6) is 5.75 Å². The lowest BCUT2D eigenvalue weighted by atomic mass is 9.97. The summed E-state index contributed by atoms with van der Waals surface area (Å²) in [5, 5.41) is 11.2. The molecule has 0 aliphatic carbocycles. The summed E-state index contributed by atoms with van der Waals surface area (Å²) in [6.45, 7) is 7.16. The Labute approximate surface area is 224 Å². The normalized spacial score (nSPS) is 23.6. The van der Waals surface area contributed by atoms with Gasteiger partial charge in [-0.3, -0.25) is 14.4 Å². The smallest absolute Gasteiger partial charge is 0.243 e. The lowest BCUT2D eigenvalue weighted by molar-refractivity contribution is -0.141. The fraction of sp³-hybridized carbons (Fsp3) is 0.536. The van der Waals surface area contributed by atoms with Gasteiger partial charge in [-0.05, 0) is 48.8 Å². The van der Waals surface area contributed by atoms with Crippen LogP contribution < -0.4 is 20.7 Å². The standard InChI is InChI=1S/C28H40N4O4S/c1-5-19(2)25-28(35)32(4)20(3)26(33)31-23(18-22-12-9-17-37-22)27(34)30-14-8-11-21-10-6-7-13-24(21)36-16-15-29-25/h6-7,9-10,12-13,17,19-20,23,25,29H,5,8,11,14-16,18H2,1-4H3,(H,30,34)(H,31,33)/t19-,20+,23+,25-/m0/s1. The second-order valence-corrected chi connectivity index (χ2v) is 10.7. The van der Waals surface area contributed by atoms with Gasteiger partial charge in [0.2, 0.25) is 17.7 Å². The van der Waals surface area contributed by atoms with Gasteiger partial charge in [-0.2, -0.15) is 0 Å². The summed E-state index contributed by atoms with van der Waals surface area (Å²) in [5.74, 6) is 0.150. The van der Waals surface area contributed by atoms with Crippen molar-refractivity contribution in [3.63, 3.8) is 0 Å². The largest absolute Gasteiger partial charge is 0.492 e. The highest BCUT2D eigenvalue weighted by atomic mass is 32.1. The molecule has 1 aliphatic heterocycles. The molecule has 0 radical (unpaired) electrons. The van der Waals surface area contributed by atoms with Crippen LogP contribution in [-0.2, 0) is 27.2 Å². The number of ether oxygens (including phenoxy) is 1. The fourth-order valence-electron chi connectivity index (χ4n) is 4.33. The van der Waals surface area contributed by atoms with Crippen molar-refractivity contribution in [2.45, 2.75) is 64.6 Å². The van der Waals surface area contributed by atoms with E-state index in [1.54, 1.807) is 25.3 Å². The Morgan fingerprint density at radius 3 is 2.62 bits per heavy atom. The number of fused-ring (bicyclic) bond motifs is 1. The number of benzene rings is 1. The van der Waals surface area contributed by atoms with Crippen molar-refractivity contribution in [2.75, 3.05) is 26.7 Å². The van der Waals surface area contributed by atoms with Crippen molar-refractivity contribution in [2.24, 2.45) is 5.92 Å². The van der Waals surface area contributed by atoms with E-state index in [1.165, 1.54) is 4.90 Å². The van der Waals surface area contributed by atoms with Crippen LogP contribution in [0.1, 0.15) is 44.1 Å². The van der Waals surface area contributed by atoms with Crippen molar-refractivity contribution in [3.05, 3.63) is 52.2 Å². The van der Waals surface area contributed by atoms with Crippen LogP contribution in [-0.4, -0.2) is 67.5 Å². The van der Waals surface area contributed by atoms with Crippen LogP contribution >= 0.6 is 11.3 Å². The van der Waals surface area contributed by atoms with Crippen LogP contribution in [0.4, 0.5) is 0 Å². The van der Waals surface area contributed by atoms with E-state index in [2.05, 4.69) is 16.0 Å². The van der Waals surface area contributed by atoms with Crippen molar-refractivity contribution >= 4 is 29.1 Å². The molecule has 0 bridgehead atoms. The van der Waals surface area contributed by atoms with Crippen LogP contribution in [0.15, 0.2) is 41.8 Å². The summed E-state index contributed by atoms with van der Waals surface area (Å²) in [4.78, 5) is 42.3. The van der Waals surface area contributed by atoms with Gasteiger partial charge < -0.3 is 25.6 Å². The molecule has 8 nitrogen and oxygen atoms in total. The number of rotatable bonds is 4. The molecule has 4 atom stereocenters. The molecule has 0 spiro atoms. The average molecular weight is 529 g/mol. The fourth-order valence-corrected chi connectivity index (χ4v) is 5.08. The summed E-state index contributed by atoms with van der Waals surface area (Å²) >= 11 is 1.55. The van der Waals surface area contributed by atoms with Gasteiger partial charge in [0.05, 0.1) is 6.04 Å². The molecule has 3 N–H and O–H groups in total. The van der Waals surface area contributed by atoms with Crippen molar-refractivity contribution in [1.29, 1.82) is 0 Å². The Hall–Kier alpha value is -2.91. The number of hydrogen-bond donors (Lipinski definition) is 3. The van der Waals surface area contributed by atoms with Crippen molar-refractivity contribution < 1.29 is 19.1 Å². The monoisotopic (exact) mass is 528 g/mol. The number of carbonyl (C=O) groups is 3. The first-order valence-electron chi connectivity index (χ1n) is 13.1. The molecule has 0 unspecified atom stereocenters. The van der Waals surface area contributed by atoms with E-state index in [0.717, 1.165) is 35.5 Å². The first kappa shape index (κ1) is 28.7. The van der Waals surface area contributed by atoms with Crippen LogP contribution in [0.2, 0.25) is 0 Å². The van der Waals surface area contributed by atoms with Gasteiger partial charge >= 0.3 is 0 Å². The first-order chi connectivity index (χ1) is 17.8. The highest BCUT2D eigenvalue weighted by Gasteiger charge is 2.32. The molecule has 0 saturated heterocycles. The number of amides is 3. The number of para-hydroxylation sites is 1. The van der Waals surface area contributed by atoms with E-state index >= 15 is 0 Å². The summed E-state index contributed by atoms with van der Waals surface area (Å²) < 4.78 is 6.05. The second kappa shape index (κ2) is 14.1. The van der Waals surface area contributed by atoms with E-state index in [4.69, 9.17) is 4.74 Å². The molecule has 37 heavy (non-hydrogen) atoms. The number of hydrogen-bond acceptors (Lipinski definition) is 6. The first-order valence-corrected chi connectivity index (χ1v) is 14.0. The van der Waals surface area contributed by atoms with Gasteiger partial charge in [0, 0.05) is 31.4 Å². The van der Waals surface area contributed by atoms with Gasteiger partial charge in [-0.15, -0.1) is 11.3 Å². The molecule has 9 heteroatoms.